The maximum atomic E-state index is 13.5. The molecule has 0 saturated carbocycles. The summed E-state index contributed by atoms with van der Waals surface area (Å²) < 4.78 is 12.8. The molecule has 2 aliphatic heterocycles. The molecule has 1 N–H and O–H groups in total. The molecule has 10 heteroatoms. The lowest BCUT2D eigenvalue weighted by molar-refractivity contribution is -0.122. The van der Waals surface area contributed by atoms with Crippen LogP contribution in [0, 0.1) is 0 Å². The number of amides is 1. The Morgan fingerprint density at radius 1 is 1.00 bits per heavy atom. The molecule has 4 aromatic rings. The number of hydrogen-bond donors (Lipinski definition) is 1. The fourth-order valence-corrected chi connectivity index (χ4v) is 5.37. The summed E-state index contributed by atoms with van der Waals surface area (Å²) in [6.45, 7) is 0.955. The molecular formula is C27H20N4O4S2. The van der Waals surface area contributed by atoms with Gasteiger partial charge in [0.2, 0.25) is 6.79 Å². The van der Waals surface area contributed by atoms with Gasteiger partial charge in [0.25, 0.3) is 11.5 Å². The van der Waals surface area contributed by atoms with Crippen LogP contribution in [0.3, 0.4) is 0 Å². The summed E-state index contributed by atoms with van der Waals surface area (Å²) >= 11 is 6.68. The van der Waals surface area contributed by atoms with Crippen molar-refractivity contribution in [2.75, 3.05) is 12.1 Å². The molecule has 0 radical (unpaired) electrons. The Morgan fingerprint density at radius 3 is 2.68 bits per heavy atom. The van der Waals surface area contributed by atoms with E-state index in [2.05, 4.69) is 10.3 Å². The summed E-state index contributed by atoms with van der Waals surface area (Å²) in [7, 11) is 0. The highest BCUT2D eigenvalue weighted by Crippen LogP contribution is 2.35. The Labute approximate surface area is 221 Å². The van der Waals surface area contributed by atoms with Gasteiger partial charge in [-0.05, 0) is 41.5 Å². The molecule has 1 saturated heterocycles. The van der Waals surface area contributed by atoms with Crippen LogP contribution < -0.4 is 20.3 Å². The molecule has 2 aromatic carbocycles. The molecule has 2 aliphatic rings. The number of thiocarbonyl (C=S) groups is 1. The minimum absolute atomic E-state index is 0.196. The van der Waals surface area contributed by atoms with Gasteiger partial charge in [0, 0.05) is 12.7 Å². The summed E-state index contributed by atoms with van der Waals surface area (Å²) in [4.78, 5) is 33.4. The maximum absolute atomic E-state index is 13.5. The number of nitrogens with one attached hydrogen (secondary N) is 1. The van der Waals surface area contributed by atoms with E-state index in [-0.39, 0.29) is 23.8 Å². The van der Waals surface area contributed by atoms with Crippen LogP contribution in [-0.4, -0.2) is 31.3 Å². The molecule has 0 unspecified atom stereocenters. The molecule has 1 fully saturated rings. The van der Waals surface area contributed by atoms with Crippen molar-refractivity contribution in [2.45, 2.75) is 13.1 Å². The van der Waals surface area contributed by atoms with Crippen LogP contribution in [0.2, 0.25) is 0 Å². The van der Waals surface area contributed by atoms with Gasteiger partial charge >= 0.3 is 0 Å². The SMILES string of the molecule is O=C1C(=Cc2c(NCc3ccc4c(c3)OCO4)nc3ccccn3c2=O)SC(=S)N1Cc1ccccc1. The van der Waals surface area contributed by atoms with Gasteiger partial charge in [0.15, 0.2) is 11.5 Å². The molecular weight excluding hydrogens is 508 g/mol. The normalized spacial score (nSPS) is 15.7. The first-order valence-corrected chi connectivity index (χ1v) is 12.7. The Balaban J connectivity index is 1.34. The third kappa shape index (κ3) is 4.56. The number of ether oxygens (including phenoxy) is 2. The molecule has 184 valence electrons. The van der Waals surface area contributed by atoms with Crippen LogP contribution >= 0.6 is 24.0 Å². The average Bonchev–Trinajstić information content (AvgIpc) is 3.49. The lowest BCUT2D eigenvalue weighted by atomic mass is 10.2. The first-order chi connectivity index (χ1) is 18.1. The van der Waals surface area contributed by atoms with E-state index in [4.69, 9.17) is 21.7 Å². The number of thioether (sulfide) groups is 1. The topological polar surface area (TPSA) is 85.2 Å². The zero-order valence-corrected chi connectivity index (χ0v) is 21.1. The van der Waals surface area contributed by atoms with E-state index in [1.165, 1.54) is 16.2 Å². The Kier molecular flexibility index (Phi) is 6.11. The lowest BCUT2D eigenvalue weighted by Gasteiger charge is -2.14. The summed E-state index contributed by atoms with van der Waals surface area (Å²) in [6, 6.07) is 20.6. The second kappa shape index (κ2) is 9.72. The smallest absolute Gasteiger partial charge is 0.267 e. The second-order valence-corrected chi connectivity index (χ2v) is 10.1. The third-order valence-corrected chi connectivity index (χ3v) is 7.38. The van der Waals surface area contributed by atoms with Crippen LogP contribution in [0.15, 0.2) is 82.6 Å². The van der Waals surface area contributed by atoms with E-state index in [1.54, 1.807) is 29.3 Å². The zero-order chi connectivity index (χ0) is 25.4. The molecule has 4 heterocycles. The van der Waals surface area contributed by atoms with Gasteiger partial charge in [-0.2, -0.15) is 0 Å². The number of carbonyl (C=O) groups is 1. The second-order valence-electron chi connectivity index (χ2n) is 8.40. The number of nitrogens with zero attached hydrogens (tertiary/aromatic N) is 3. The molecule has 6 rings (SSSR count). The van der Waals surface area contributed by atoms with Gasteiger partial charge in [-0.3, -0.25) is 18.9 Å². The van der Waals surface area contributed by atoms with Crippen LogP contribution in [0.4, 0.5) is 5.82 Å². The maximum Gasteiger partial charge on any atom is 0.267 e. The monoisotopic (exact) mass is 528 g/mol. The first kappa shape index (κ1) is 23.3. The van der Waals surface area contributed by atoms with Gasteiger partial charge in [-0.25, -0.2) is 4.98 Å². The number of hydrogen-bond acceptors (Lipinski definition) is 8. The van der Waals surface area contributed by atoms with E-state index in [0.29, 0.717) is 45.3 Å². The van der Waals surface area contributed by atoms with Crippen molar-refractivity contribution in [1.82, 2.24) is 14.3 Å². The van der Waals surface area contributed by atoms with Crippen LogP contribution in [-0.2, 0) is 17.9 Å². The predicted molar refractivity (Wildman–Crippen MR) is 147 cm³/mol. The highest BCUT2D eigenvalue weighted by molar-refractivity contribution is 8.26. The number of pyridine rings is 1. The molecule has 1 amide bonds. The number of fused-ring (bicyclic) bond motifs is 2. The Hall–Kier alpha value is -4.15. The van der Waals surface area contributed by atoms with Gasteiger partial charge in [-0.1, -0.05) is 66.4 Å². The van der Waals surface area contributed by atoms with Crippen LogP contribution in [0.5, 0.6) is 11.5 Å². The third-order valence-electron chi connectivity index (χ3n) is 6.00. The van der Waals surface area contributed by atoms with Crippen molar-refractivity contribution in [3.8, 4) is 11.5 Å². The highest BCUT2D eigenvalue weighted by atomic mass is 32.2. The van der Waals surface area contributed by atoms with Crippen molar-refractivity contribution < 1.29 is 14.3 Å². The standard InChI is InChI=1S/C27H20N4O4S2/c32-25-19(13-22-26(33)31(27(36)37-22)15-17-6-2-1-3-7-17)24(29-23-8-4-5-11-30(23)25)28-14-18-9-10-20-21(12-18)35-16-34-20/h1-13,28H,14-16H2. The van der Waals surface area contributed by atoms with Crippen molar-refractivity contribution in [1.29, 1.82) is 0 Å². The van der Waals surface area contributed by atoms with Crippen molar-refractivity contribution >= 4 is 51.7 Å². The van der Waals surface area contributed by atoms with E-state index < -0.39 is 0 Å². The molecule has 0 bridgehead atoms. The summed E-state index contributed by atoms with van der Waals surface area (Å²) in [6.07, 6.45) is 3.24. The van der Waals surface area contributed by atoms with Crippen molar-refractivity contribution in [3.05, 3.63) is 105 Å². The van der Waals surface area contributed by atoms with Gasteiger partial charge in [-0.15, -0.1) is 0 Å². The van der Waals surface area contributed by atoms with Crippen molar-refractivity contribution in [3.63, 3.8) is 0 Å². The largest absolute Gasteiger partial charge is 0.454 e. The lowest BCUT2D eigenvalue weighted by Crippen LogP contribution is -2.27. The summed E-state index contributed by atoms with van der Waals surface area (Å²) in [5.74, 6) is 1.51. The molecule has 0 spiro atoms. The predicted octanol–water partition coefficient (Wildman–Crippen LogP) is 4.44. The Morgan fingerprint density at radius 2 is 1.81 bits per heavy atom. The van der Waals surface area contributed by atoms with Gasteiger partial charge < -0.3 is 14.8 Å². The fraction of sp³-hybridized carbons (Fsp3) is 0.111. The summed E-state index contributed by atoms with van der Waals surface area (Å²) in [5.41, 5.74) is 2.39. The number of rotatable bonds is 6. The van der Waals surface area contributed by atoms with E-state index in [0.717, 1.165) is 11.1 Å². The fourth-order valence-electron chi connectivity index (χ4n) is 4.14. The molecule has 8 nitrogen and oxygen atoms in total. The average molecular weight is 529 g/mol. The van der Waals surface area contributed by atoms with Crippen molar-refractivity contribution in [2.24, 2.45) is 0 Å². The zero-order valence-electron chi connectivity index (χ0n) is 19.4. The first-order valence-electron chi connectivity index (χ1n) is 11.5. The molecule has 0 aliphatic carbocycles. The quantitative estimate of drug-likeness (QED) is 0.291. The minimum atomic E-state index is -0.285. The van der Waals surface area contributed by atoms with Gasteiger partial charge in [0.1, 0.15) is 15.8 Å². The summed E-state index contributed by atoms with van der Waals surface area (Å²) in [5, 5.41) is 3.27. The molecule has 2 aromatic heterocycles. The van der Waals surface area contributed by atoms with E-state index >= 15 is 0 Å². The number of anilines is 1. The van der Waals surface area contributed by atoms with Gasteiger partial charge in [0.05, 0.1) is 17.0 Å². The van der Waals surface area contributed by atoms with Crippen LogP contribution in [0.25, 0.3) is 11.7 Å². The van der Waals surface area contributed by atoms with Crippen LogP contribution in [0.1, 0.15) is 16.7 Å². The number of benzene rings is 2. The number of carbonyl (C=O) groups excluding carboxylic acids is 1. The molecule has 0 atom stereocenters. The highest BCUT2D eigenvalue weighted by Gasteiger charge is 2.32. The Bertz CT molecular complexity index is 1640. The number of aromatic nitrogens is 2. The van der Waals surface area contributed by atoms with E-state index in [9.17, 15) is 9.59 Å². The molecule has 37 heavy (non-hydrogen) atoms. The van der Waals surface area contributed by atoms with E-state index in [1.807, 2.05) is 54.6 Å². The minimum Gasteiger partial charge on any atom is -0.454 e.